The van der Waals surface area contributed by atoms with Gasteiger partial charge in [-0.05, 0) is 11.6 Å². The first kappa shape index (κ1) is 19.8. The first-order valence-corrected chi connectivity index (χ1v) is 9.12. The maximum absolute atomic E-state index is 12.4. The molecule has 146 valence electrons. The van der Waals surface area contributed by atoms with Gasteiger partial charge in [-0.3, -0.25) is 24.6 Å². The molecule has 1 N–H and O–H groups in total. The molecule has 28 heavy (non-hydrogen) atoms. The van der Waals surface area contributed by atoms with E-state index in [-0.39, 0.29) is 16.4 Å². The number of halogens is 1. The van der Waals surface area contributed by atoms with E-state index in [0.717, 1.165) is 12.6 Å². The van der Waals surface area contributed by atoms with Crippen molar-refractivity contribution in [1.82, 2.24) is 9.80 Å². The number of piperazine rings is 1. The number of nitrogens with one attached hydrogen (secondary N) is 1. The lowest BCUT2D eigenvalue weighted by molar-refractivity contribution is -0.384. The van der Waals surface area contributed by atoms with Crippen LogP contribution in [0.4, 0.5) is 11.4 Å². The highest BCUT2D eigenvalue weighted by Gasteiger charge is 2.26. The van der Waals surface area contributed by atoms with Crippen LogP contribution in [0.2, 0.25) is 5.02 Å². The van der Waals surface area contributed by atoms with Crippen molar-refractivity contribution in [3.8, 4) is 0 Å². The molecule has 0 radical (unpaired) electrons. The van der Waals surface area contributed by atoms with Crippen molar-refractivity contribution in [3.05, 3.63) is 69.2 Å². The molecule has 1 heterocycles. The predicted molar refractivity (Wildman–Crippen MR) is 105 cm³/mol. The topological polar surface area (TPSA) is 95.8 Å². The van der Waals surface area contributed by atoms with Gasteiger partial charge in [0.1, 0.15) is 0 Å². The van der Waals surface area contributed by atoms with Crippen molar-refractivity contribution in [1.29, 1.82) is 0 Å². The molecule has 0 atom stereocenters. The van der Waals surface area contributed by atoms with Crippen molar-refractivity contribution in [2.75, 3.05) is 31.5 Å². The van der Waals surface area contributed by atoms with E-state index in [2.05, 4.69) is 10.2 Å². The summed E-state index contributed by atoms with van der Waals surface area (Å²) in [6, 6.07) is 13.7. The highest BCUT2D eigenvalue weighted by atomic mass is 35.5. The smallest absolute Gasteiger partial charge is 0.313 e. The van der Waals surface area contributed by atoms with E-state index in [1.54, 1.807) is 0 Å². The molecule has 9 heteroatoms. The summed E-state index contributed by atoms with van der Waals surface area (Å²) in [7, 11) is 0. The molecule has 0 aliphatic carbocycles. The fraction of sp³-hybridized carbons (Fsp3) is 0.263. The molecule has 2 amide bonds. The second-order valence-corrected chi connectivity index (χ2v) is 6.84. The van der Waals surface area contributed by atoms with E-state index in [9.17, 15) is 19.7 Å². The Kier molecular flexibility index (Phi) is 6.23. The summed E-state index contributed by atoms with van der Waals surface area (Å²) in [4.78, 5) is 38.6. The minimum atomic E-state index is -0.862. The van der Waals surface area contributed by atoms with Crippen LogP contribution in [0.15, 0.2) is 48.5 Å². The lowest BCUT2D eigenvalue weighted by atomic mass is 10.2. The lowest BCUT2D eigenvalue weighted by Crippen LogP contribution is -2.51. The Hall–Kier alpha value is -2.97. The van der Waals surface area contributed by atoms with Gasteiger partial charge in [-0.25, -0.2) is 0 Å². The van der Waals surface area contributed by atoms with Gasteiger partial charge in [0.2, 0.25) is 0 Å². The third-order valence-electron chi connectivity index (χ3n) is 4.51. The lowest BCUT2D eigenvalue weighted by Gasteiger charge is -2.34. The Morgan fingerprint density at radius 1 is 1.07 bits per heavy atom. The van der Waals surface area contributed by atoms with Crippen LogP contribution in [-0.2, 0) is 16.1 Å². The van der Waals surface area contributed by atoms with Crippen LogP contribution in [-0.4, -0.2) is 52.7 Å². The summed E-state index contributed by atoms with van der Waals surface area (Å²) in [5, 5.41) is 13.4. The normalized spacial score (nSPS) is 14.5. The number of benzene rings is 2. The molecule has 1 fully saturated rings. The van der Waals surface area contributed by atoms with E-state index in [1.807, 2.05) is 30.3 Å². The number of nitrogens with zero attached hydrogens (tertiary/aromatic N) is 3. The highest BCUT2D eigenvalue weighted by molar-refractivity contribution is 6.41. The Balaban J connectivity index is 1.55. The number of anilines is 1. The minimum Gasteiger partial charge on any atom is -0.332 e. The summed E-state index contributed by atoms with van der Waals surface area (Å²) in [6.45, 7) is 2.97. The maximum Gasteiger partial charge on any atom is 0.313 e. The SMILES string of the molecule is O=C(Nc1cc([N+](=O)[O-])ccc1Cl)C(=O)N1CCN(Cc2ccccc2)CC1. The summed E-state index contributed by atoms with van der Waals surface area (Å²) in [5.41, 5.74) is 1.01. The number of nitro benzene ring substituents is 1. The van der Waals surface area contributed by atoms with Crippen molar-refractivity contribution < 1.29 is 14.5 Å². The molecule has 8 nitrogen and oxygen atoms in total. The van der Waals surface area contributed by atoms with Gasteiger partial charge in [-0.15, -0.1) is 0 Å². The average molecular weight is 403 g/mol. The van der Waals surface area contributed by atoms with Crippen LogP contribution in [0.1, 0.15) is 5.56 Å². The molecule has 3 rings (SSSR count). The first-order valence-electron chi connectivity index (χ1n) is 8.74. The van der Waals surface area contributed by atoms with E-state index in [4.69, 9.17) is 11.6 Å². The van der Waals surface area contributed by atoms with Gasteiger partial charge < -0.3 is 10.2 Å². The fourth-order valence-electron chi connectivity index (χ4n) is 2.99. The molecule has 2 aromatic rings. The number of amides is 2. The Bertz CT molecular complexity index is 883. The highest BCUT2D eigenvalue weighted by Crippen LogP contribution is 2.26. The molecule has 1 saturated heterocycles. The van der Waals surface area contributed by atoms with E-state index >= 15 is 0 Å². The van der Waals surface area contributed by atoms with Crippen LogP contribution in [0.25, 0.3) is 0 Å². The zero-order valence-electron chi connectivity index (χ0n) is 15.0. The number of hydrogen-bond acceptors (Lipinski definition) is 5. The van der Waals surface area contributed by atoms with Crippen LogP contribution >= 0.6 is 11.6 Å². The summed E-state index contributed by atoms with van der Waals surface area (Å²) < 4.78 is 0. The van der Waals surface area contributed by atoms with Crippen LogP contribution in [0, 0.1) is 10.1 Å². The molecular formula is C19H19ClN4O4. The molecular weight excluding hydrogens is 384 g/mol. The van der Waals surface area contributed by atoms with Gasteiger partial charge in [-0.1, -0.05) is 41.9 Å². The minimum absolute atomic E-state index is 0.0388. The number of carbonyl (C=O) groups excluding carboxylic acids is 2. The molecule has 1 aliphatic rings. The second-order valence-electron chi connectivity index (χ2n) is 6.43. The van der Waals surface area contributed by atoms with Gasteiger partial charge >= 0.3 is 11.8 Å². The van der Waals surface area contributed by atoms with Gasteiger partial charge in [0.05, 0.1) is 15.6 Å². The largest absolute Gasteiger partial charge is 0.332 e. The Morgan fingerprint density at radius 3 is 2.39 bits per heavy atom. The molecule has 0 aromatic heterocycles. The molecule has 1 aliphatic heterocycles. The summed E-state index contributed by atoms with van der Waals surface area (Å²) in [6.07, 6.45) is 0. The zero-order valence-corrected chi connectivity index (χ0v) is 15.8. The number of hydrogen-bond donors (Lipinski definition) is 1. The molecule has 2 aromatic carbocycles. The Morgan fingerprint density at radius 2 is 1.75 bits per heavy atom. The van der Waals surface area contributed by atoms with Gasteiger partial charge in [0, 0.05) is 44.9 Å². The van der Waals surface area contributed by atoms with Crippen LogP contribution in [0.5, 0.6) is 0 Å². The van der Waals surface area contributed by atoms with Gasteiger partial charge in [0.15, 0.2) is 0 Å². The van der Waals surface area contributed by atoms with E-state index in [1.165, 1.54) is 22.6 Å². The zero-order chi connectivity index (χ0) is 20.1. The summed E-state index contributed by atoms with van der Waals surface area (Å²) >= 11 is 5.96. The van der Waals surface area contributed by atoms with Crippen LogP contribution in [0.3, 0.4) is 0 Å². The van der Waals surface area contributed by atoms with E-state index in [0.29, 0.717) is 26.2 Å². The van der Waals surface area contributed by atoms with Gasteiger partial charge in [-0.2, -0.15) is 0 Å². The second kappa shape index (κ2) is 8.81. The number of rotatable bonds is 4. The summed E-state index contributed by atoms with van der Waals surface area (Å²) in [5.74, 6) is -1.54. The number of non-ortho nitro benzene ring substituents is 1. The molecule has 0 bridgehead atoms. The predicted octanol–water partition coefficient (Wildman–Crippen LogP) is 2.53. The van der Waals surface area contributed by atoms with Crippen molar-refractivity contribution in [2.24, 2.45) is 0 Å². The van der Waals surface area contributed by atoms with Crippen molar-refractivity contribution in [3.63, 3.8) is 0 Å². The first-order chi connectivity index (χ1) is 13.4. The fourth-order valence-corrected chi connectivity index (χ4v) is 3.16. The van der Waals surface area contributed by atoms with Gasteiger partial charge in [0.25, 0.3) is 5.69 Å². The third-order valence-corrected chi connectivity index (χ3v) is 4.84. The quantitative estimate of drug-likeness (QED) is 0.481. The molecule has 0 saturated carbocycles. The van der Waals surface area contributed by atoms with E-state index < -0.39 is 16.7 Å². The average Bonchev–Trinajstić information content (AvgIpc) is 2.70. The molecule has 0 spiro atoms. The molecule has 0 unspecified atom stereocenters. The Labute approximate surface area is 166 Å². The third kappa shape index (κ3) is 4.85. The number of nitro groups is 1. The van der Waals surface area contributed by atoms with Crippen molar-refractivity contribution in [2.45, 2.75) is 6.54 Å². The monoisotopic (exact) mass is 402 g/mol. The standard InChI is InChI=1S/C19H19ClN4O4/c20-16-7-6-15(24(27)28)12-17(16)21-18(25)19(26)23-10-8-22(9-11-23)13-14-4-2-1-3-5-14/h1-7,12H,8-11,13H2,(H,21,25). The maximum atomic E-state index is 12.4. The number of carbonyl (C=O) groups is 2. The van der Waals surface area contributed by atoms with Crippen molar-refractivity contribution >= 4 is 34.8 Å². The van der Waals surface area contributed by atoms with Crippen LogP contribution < -0.4 is 5.32 Å².